The van der Waals surface area contributed by atoms with Crippen molar-refractivity contribution in [1.82, 2.24) is 0 Å². The summed E-state index contributed by atoms with van der Waals surface area (Å²) in [6, 6.07) is 7.50. The van der Waals surface area contributed by atoms with Gasteiger partial charge in [-0.3, -0.25) is 14.9 Å². The number of halogens is 1. The Morgan fingerprint density at radius 2 is 2.00 bits per heavy atom. The van der Waals surface area contributed by atoms with Gasteiger partial charge in [0.25, 0.3) is 5.69 Å². The molecule has 2 aromatic rings. The van der Waals surface area contributed by atoms with Crippen molar-refractivity contribution in [2.24, 2.45) is 0 Å². The molecule has 0 aliphatic heterocycles. The number of para-hydroxylation sites is 1. The highest BCUT2D eigenvalue weighted by Gasteiger charge is 2.17. The van der Waals surface area contributed by atoms with Crippen LogP contribution in [-0.2, 0) is 0 Å². The van der Waals surface area contributed by atoms with Crippen LogP contribution in [0, 0.1) is 15.9 Å². The molecule has 108 valence electrons. The number of benzene rings is 2. The van der Waals surface area contributed by atoms with Crippen LogP contribution in [0.4, 0.5) is 10.1 Å². The van der Waals surface area contributed by atoms with Crippen molar-refractivity contribution in [3.8, 4) is 17.2 Å². The first kappa shape index (κ1) is 14.4. The minimum Gasteiger partial charge on any atom is -0.493 e. The van der Waals surface area contributed by atoms with Crippen molar-refractivity contribution in [2.75, 3.05) is 7.11 Å². The maximum atomic E-state index is 13.8. The molecule has 0 radical (unpaired) electrons. The predicted molar refractivity (Wildman–Crippen MR) is 71.5 cm³/mol. The number of hydrogen-bond donors (Lipinski definition) is 0. The molecule has 0 bridgehead atoms. The van der Waals surface area contributed by atoms with Crippen LogP contribution in [0.25, 0.3) is 0 Å². The first-order chi connectivity index (χ1) is 10.1. The minimum absolute atomic E-state index is 0.0106. The van der Waals surface area contributed by atoms with E-state index in [1.165, 1.54) is 31.4 Å². The minimum atomic E-state index is -0.756. The SMILES string of the molecule is COc1ccc([N+](=O)[O-])cc1Oc1c(F)cccc1C=O. The molecule has 0 saturated heterocycles. The summed E-state index contributed by atoms with van der Waals surface area (Å²) in [6.45, 7) is 0. The number of nitrogens with zero attached hydrogens (tertiary/aromatic N) is 1. The zero-order valence-electron chi connectivity index (χ0n) is 10.9. The Morgan fingerprint density at radius 3 is 2.62 bits per heavy atom. The second-order valence-corrected chi connectivity index (χ2v) is 3.97. The fraction of sp³-hybridized carbons (Fsp3) is 0.0714. The number of methoxy groups -OCH3 is 1. The number of non-ortho nitro benzene ring substituents is 1. The molecule has 0 aromatic heterocycles. The lowest BCUT2D eigenvalue weighted by atomic mass is 10.2. The zero-order valence-corrected chi connectivity index (χ0v) is 10.9. The fourth-order valence-electron chi connectivity index (χ4n) is 1.69. The van der Waals surface area contributed by atoms with E-state index >= 15 is 0 Å². The lowest BCUT2D eigenvalue weighted by Gasteiger charge is -2.12. The van der Waals surface area contributed by atoms with Gasteiger partial charge >= 0.3 is 0 Å². The van der Waals surface area contributed by atoms with E-state index in [9.17, 15) is 19.3 Å². The van der Waals surface area contributed by atoms with Crippen LogP contribution in [0.1, 0.15) is 10.4 Å². The Labute approximate surface area is 118 Å². The number of rotatable bonds is 5. The first-order valence-electron chi connectivity index (χ1n) is 5.80. The van der Waals surface area contributed by atoms with E-state index in [-0.39, 0.29) is 28.5 Å². The van der Waals surface area contributed by atoms with Gasteiger partial charge in [-0.1, -0.05) is 6.07 Å². The number of carbonyl (C=O) groups is 1. The molecule has 0 aliphatic carbocycles. The Hall–Kier alpha value is -2.96. The monoisotopic (exact) mass is 291 g/mol. The average Bonchev–Trinajstić information content (AvgIpc) is 2.49. The van der Waals surface area contributed by atoms with Crippen LogP contribution in [0.3, 0.4) is 0 Å². The summed E-state index contributed by atoms with van der Waals surface area (Å²) in [7, 11) is 1.34. The second kappa shape index (κ2) is 6.00. The van der Waals surface area contributed by atoms with Gasteiger partial charge in [-0.2, -0.15) is 0 Å². The van der Waals surface area contributed by atoms with Crippen molar-refractivity contribution in [3.05, 3.63) is 57.9 Å². The summed E-state index contributed by atoms with van der Waals surface area (Å²) in [5, 5.41) is 10.8. The van der Waals surface area contributed by atoms with Gasteiger partial charge in [0.2, 0.25) is 0 Å². The number of hydrogen-bond acceptors (Lipinski definition) is 5. The summed E-state index contributed by atoms with van der Waals surface area (Å²) >= 11 is 0. The van der Waals surface area contributed by atoms with Crippen LogP contribution >= 0.6 is 0 Å². The molecule has 0 atom stereocenters. The van der Waals surface area contributed by atoms with Crippen LogP contribution in [0.2, 0.25) is 0 Å². The summed E-state index contributed by atoms with van der Waals surface area (Å²) in [5.41, 5.74) is -0.252. The molecule has 0 amide bonds. The number of carbonyl (C=O) groups excluding carboxylic acids is 1. The maximum absolute atomic E-state index is 13.8. The largest absolute Gasteiger partial charge is 0.493 e. The van der Waals surface area contributed by atoms with Gasteiger partial charge in [0, 0.05) is 6.07 Å². The molecular weight excluding hydrogens is 281 g/mol. The topological polar surface area (TPSA) is 78.7 Å². The second-order valence-electron chi connectivity index (χ2n) is 3.97. The molecule has 0 spiro atoms. The highest BCUT2D eigenvalue weighted by Crippen LogP contribution is 2.36. The molecule has 0 N–H and O–H groups in total. The standard InChI is InChI=1S/C14H10FNO5/c1-20-12-6-5-10(16(18)19)7-13(12)21-14-9(8-17)3-2-4-11(14)15/h2-8H,1H3. The molecule has 2 rings (SSSR count). The van der Waals surface area contributed by atoms with E-state index < -0.39 is 10.7 Å². The molecule has 21 heavy (non-hydrogen) atoms. The van der Waals surface area contributed by atoms with Gasteiger partial charge in [0.1, 0.15) is 0 Å². The molecule has 0 aliphatic rings. The summed E-state index contributed by atoms with van der Waals surface area (Å²) < 4.78 is 24.1. The number of ether oxygens (including phenoxy) is 2. The molecule has 0 unspecified atom stereocenters. The van der Waals surface area contributed by atoms with Gasteiger partial charge in [0.05, 0.1) is 23.7 Å². The lowest BCUT2D eigenvalue weighted by molar-refractivity contribution is -0.384. The third-order valence-electron chi connectivity index (χ3n) is 2.69. The van der Waals surface area contributed by atoms with Crippen molar-refractivity contribution in [1.29, 1.82) is 0 Å². The first-order valence-corrected chi connectivity index (χ1v) is 5.80. The molecule has 2 aromatic carbocycles. The van der Waals surface area contributed by atoms with E-state index in [2.05, 4.69) is 0 Å². The van der Waals surface area contributed by atoms with Gasteiger partial charge in [0.15, 0.2) is 29.4 Å². The third-order valence-corrected chi connectivity index (χ3v) is 2.69. The molecule has 7 heteroatoms. The average molecular weight is 291 g/mol. The Kier molecular flexibility index (Phi) is 4.13. The third kappa shape index (κ3) is 2.97. The maximum Gasteiger partial charge on any atom is 0.273 e. The van der Waals surface area contributed by atoms with Crippen LogP contribution < -0.4 is 9.47 Å². The van der Waals surface area contributed by atoms with Crippen molar-refractivity contribution < 1.29 is 23.6 Å². The van der Waals surface area contributed by atoms with E-state index in [0.717, 1.165) is 12.1 Å². The van der Waals surface area contributed by atoms with E-state index in [4.69, 9.17) is 9.47 Å². The number of nitro groups is 1. The number of aldehydes is 1. The normalized spacial score (nSPS) is 10.0. The van der Waals surface area contributed by atoms with Crippen molar-refractivity contribution in [2.45, 2.75) is 0 Å². The highest BCUT2D eigenvalue weighted by atomic mass is 19.1. The zero-order chi connectivity index (χ0) is 15.4. The summed E-state index contributed by atoms with van der Waals surface area (Å²) in [5.74, 6) is -0.944. The van der Waals surface area contributed by atoms with E-state index in [0.29, 0.717) is 6.29 Å². The molecular formula is C14H10FNO5. The Morgan fingerprint density at radius 1 is 1.24 bits per heavy atom. The van der Waals surface area contributed by atoms with Gasteiger partial charge in [-0.15, -0.1) is 0 Å². The fourth-order valence-corrected chi connectivity index (χ4v) is 1.69. The predicted octanol–water partition coefficient (Wildman–Crippen LogP) is 3.35. The number of nitro benzene ring substituents is 1. The highest BCUT2D eigenvalue weighted by molar-refractivity contribution is 5.79. The van der Waals surface area contributed by atoms with Gasteiger partial charge < -0.3 is 9.47 Å². The Bertz CT molecular complexity index is 702. The van der Waals surface area contributed by atoms with Crippen LogP contribution in [-0.4, -0.2) is 18.3 Å². The summed E-state index contributed by atoms with van der Waals surface area (Å²) in [4.78, 5) is 21.1. The van der Waals surface area contributed by atoms with E-state index in [1.807, 2.05) is 0 Å². The molecule has 6 nitrogen and oxygen atoms in total. The van der Waals surface area contributed by atoms with Gasteiger partial charge in [-0.05, 0) is 18.2 Å². The Balaban J connectivity index is 2.50. The van der Waals surface area contributed by atoms with Crippen LogP contribution in [0.5, 0.6) is 17.2 Å². The molecule has 0 heterocycles. The van der Waals surface area contributed by atoms with Gasteiger partial charge in [-0.25, -0.2) is 4.39 Å². The van der Waals surface area contributed by atoms with Crippen LogP contribution in [0.15, 0.2) is 36.4 Å². The quantitative estimate of drug-likeness (QED) is 0.479. The van der Waals surface area contributed by atoms with E-state index in [1.54, 1.807) is 0 Å². The summed E-state index contributed by atoms with van der Waals surface area (Å²) in [6.07, 6.45) is 0.433. The van der Waals surface area contributed by atoms with Crippen molar-refractivity contribution in [3.63, 3.8) is 0 Å². The smallest absolute Gasteiger partial charge is 0.273 e. The molecule has 0 fully saturated rings. The van der Waals surface area contributed by atoms with Crippen molar-refractivity contribution >= 4 is 12.0 Å². The molecule has 0 saturated carbocycles. The lowest BCUT2D eigenvalue weighted by Crippen LogP contribution is -1.97.